The first-order valence-corrected chi connectivity index (χ1v) is 4.76. The van der Waals surface area contributed by atoms with Gasteiger partial charge in [-0.25, -0.2) is 0 Å². The van der Waals surface area contributed by atoms with Crippen LogP contribution in [0.2, 0.25) is 5.02 Å². The lowest BCUT2D eigenvalue weighted by atomic mass is 10.2. The van der Waals surface area contributed by atoms with Crippen LogP contribution in [0.25, 0.3) is 0 Å². The van der Waals surface area contributed by atoms with Crippen molar-refractivity contribution in [3.63, 3.8) is 0 Å². The molecule has 0 amide bonds. The molecular weight excluding hydrogens is 184 g/mol. The van der Waals surface area contributed by atoms with Gasteiger partial charge in [-0.2, -0.15) is 0 Å². The van der Waals surface area contributed by atoms with Gasteiger partial charge >= 0.3 is 0 Å². The molecule has 0 radical (unpaired) electrons. The highest BCUT2D eigenvalue weighted by atomic mass is 35.5. The van der Waals surface area contributed by atoms with E-state index in [1.165, 1.54) is 5.56 Å². The van der Waals surface area contributed by atoms with E-state index in [2.05, 4.69) is 17.6 Å². The van der Waals surface area contributed by atoms with Crippen molar-refractivity contribution in [3.8, 4) is 0 Å². The molecule has 0 unspecified atom stereocenters. The van der Waals surface area contributed by atoms with Gasteiger partial charge < -0.3 is 10.6 Å². The van der Waals surface area contributed by atoms with Crippen LogP contribution in [0.3, 0.4) is 0 Å². The number of hydrogen-bond donors (Lipinski definition) is 2. The molecule has 0 aliphatic heterocycles. The molecule has 0 heterocycles. The van der Waals surface area contributed by atoms with Crippen molar-refractivity contribution >= 4 is 17.3 Å². The van der Waals surface area contributed by atoms with Crippen LogP contribution in [0.4, 0.5) is 5.69 Å². The maximum atomic E-state index is 5.87. The van der Waals surface area contributed by atoms with E-state index in [-0.39, 0.29) is 0 Å². The van der Waals surface area contributed by atoms with Crippen molar-refractivity contribution in [3.05, 3.63) is 28.8 Å². The lowest BCUT2D eigenvalue weighted by Crippen LogP contribution is -2.18. The predicted octanol–water partition coefficient (Wildman–Crippen LogP) is 2.28. The van der Waals surface area contributed by atoms with Crippen molar-refractivity contribution in [2.45, 2.75) is 6.92 Å². The molecule has 0 aromatic heterocycles. The molecular formula is C10H15ClN2. The molecule has 1 aromatic rings. The smallest absolute Gasteiger partial charge is 0.0426 e. The van der Waals surface area contributed by atoms with Crippen LogP contribution in [0.5, 0.6) is 0 Å². The molecule has 0 saturated carbocycles. The van der Waals surface area contributed by atoms with E-state index in [4.69, 9.17) is 11.6 Å². The monoisotopic (exact) mass is 198 g/mol. The zero-order valence-electron chi connectivity index (χ0n) is 8.02. The predicted molar refractivity (Wildman–Crippen MR) is 58.6 cm³/mol. The largest absolute Gasteiger partial charge is 0.384 e. The fourth-order valence-electron chi connectivity index (χ4n) is 1.11. The van der Waals surface area contributed by atoms with Gasteiger partial charge in [0, 0.05) is 23.8 Å². The Hall–Kier alpha value is -0.730. The summed E-state index contributed by atoms with van der Waals surface area (Å²) < 4.78 is 0. The second kappa shape index (κ2) is 5.10. The summed E-state index contributed by atoms with van der Waals surface area (Å²) in [5.74, 6) is 0. The lowest BCUT2D eigenvalue weighted by molar-refractivity contribution is 0.823. The third kappa shape index (κ3) is 3.25. The van der Waals surface area contributed by atoms with Crippen LogP contribution in [0.1, 0.15) is 5.56 Å². The van der Waals surface area contributed by atoms with Crippen molar-refractivity contribution in [1.29, 1.82) is 0 Å². The summed E-state index contributed by atoms with van der Waals surface area (Å²) in [5, 5.41) is 7.16. The van der Waals surface area contributed by atoms with Crippen molar-refractivity contribution in [2.75, 3.05) is 25.5 Å². The first-order chi connectivity index (χ1) is 6.24. The van der Waals surface area contributed by atoms with Gasteiger partial charge in [0.2, 0.25) is 0 Å². The molecule has 3 heteroatoms. The zero-order chi connectivity index (χ0) is 9.68. The van der Waals surface area contributed by atoms with E-state index < -0.39 is 0 Å². The summed E-state index contributed by atoms with van der Waals surface area (Å²) in [5.41, 5.74) is 2.34. The highest BCUT2D eigenvalue weighted by molar-refractivity contribution is 6.30. The number of hydrogen-bond acceptors (Lipinski definition) is 2. The molecule has 13 heavy (non-hydrogen) atoms. The van der Waals surface area contributed by atoms with Crippen LogP contribution >= 0.6 is 11.6 Å². The van der Waals surface area contributed by atoms with Crippen molar-refractivity contribution in [1.82, 2.24) is 5.32 Å². The Morgan fingerprint density at radius 3 is 2.77 bits per heavy atom. The average molecular weight is 199 g/mol. The molecule has 1 aromatic carbocycles. The van der Waals surface area contributed by atoms with Gasteiger partial charge in [-0.3, -0.25) is 0 Å². The van der Waals surface area contributed by atoms with Crippen LogP contribution in [0.15, 0.2) is 18.2 Å². The van der Waals surface area contributed by atoms with Crippen molar-refractivity contribution in [2.24, 2.45) is 0 Å². The molecule has 0 atom stereocenters. The standard InChI is InChI=1S/C10H15ClN2/c1-8-3-4-9(11)7-10(8)13-6-5-12-2/h3-4,7,12-13H,5-6H2,1-2H3. The second-order valence-electron chi connectivity index (χ2n) is 2.99. The van der Waals surface area contributed by atoms with Gasteiger partial charge in [0.1, 0.15) is 0 Å². The van der Waals surface area contributed by atoms with Crippen LogP contribution < -0.4 is 10.6 Å². The van der Waals surface area contributed by atoms with Gasteiger partial charge in [-0.15, -0.1) is 0 Å². The molecule has 0 spiro atoms. The van der Waals surface area contributed by atoms with Crippen LogP contribution in [0, 0.1) is 6.92 Å². The van der Waals surface area contributed by atoms with E-state index in [9.17, 15) is 0 Å². The Kier molecular flexibility index (Phi) is 4.06. The van der Waals surface area contributed by atoms with E-state index >= 15 is 0 Å². The number of rotatable bonds is 4. The van der Waals surface area contributed by atoms with Crippen molar-refractivity contribution < 1.29 is 0 Å². The Labute approximate surface area is 84.3 Å². The third-order valence-electron chi connectivity index (χ3n) is 1.89. The van der Waals surface area contributed by atoms with Gasteiger partial charge in [0.05, 0.1) is 0 Å². The number of halogens is 1. The topological polar surface area (TPSA) is 24.1 Å². The molecule has 0 saturated heterocycles. The minimum atomic E-state index is 0.776. The van der Waals surface area contributed by atoms with E-state index in [0.717, 1.165) is 23.8 Å². The average Bonchev–Trinajstić information content (AvgIpc) is 2.11. The summed E-state index contributed by atoms with van der Waals surface area (Å²) in [6.45, 7) is 3.93. The van der Waals surface area contributed by atoms with Crippen LogP contribution in [-0.4, -0.2) is 20.1 Å². The Morgan fingerprint density at radius 1 is 1.31 bits per heavy atom. The Bertz CT molecular complexity index is 274. The lowest BCUT2D eigenvalue weighted by Gasteiger charge is -2.09. The summed E-state index contributed by atoms with van der Waals surface area (Å²) in [7, 11) is 1.94. The summed E-state index contributed by atoms with van der Waals surface area (Å²) in [4.78, 5) is 0. The number of anilines is 1. The van der Waals surface area contributed by atoms with E-state index in [0.29, 0.717) is 0 Å². The third-order valence-corrected chi connectivity index (χ3v) is 2.13. The highest BCUT2D eigenvalue weighted by Crippen LogP contribution is 2.19. The van der Waals surface area contributed by atoms with Gasteiger partial charge in [0.25, 0.3) is 0 Å². The fourth-order valence-corrected chi connectivity index (χ4v) is 1.28. The molecule has 2 nitrogen and oxygen atoms in total. The molecule has 2 N–H and O–H groups in total. The molecule has 0 fully saturated rings. The first kappa shape index (κ1) is 10.4. The summed E-state index contributed by atoms with van der Waals surface area (Å²) in [6.07, 6.45) is 0. The molecule has 0 aliphatic rings. The van der Waals surface area contributed by atoms with Gasteiger partial charge in [0.15, 0.2) is 0 Å². The number of likely N-dealkylation sites (N-methyl/N-ethyl adjacent to an activating group) is 1. The Balaban J connectivity index is 2.59. The Morgan fingerprint density at radius 2 is 2.08 bits per heavy atom. The van der Waals surface area contributed by atoms with Gasteiger partial charge in [-0.1, -0.05) is 17.7 Å². The summed E-state index contributed by atoms with van der Waals surface area (Å²) >= 11 is 5.87. The first-order valence-electron chi connectivity index (χ1n) is 4.38. The highest BCUT2D eigenvalue weighted by Gasteiger charge is 1.97. The van der Waals surface area contributed by atoms with E-state index in [1.807, 2.05) is 25.2 Å². The quantitative estimate of drug-likeness (QED) is 0.726. The number of aryl methyl sites for hydroxylation is 1. The molecule has 0 bridgehead atoms. The number of benzene rings is 1. The molecule has 72 valence electrons. The van der Waals surface area contributed by atoms with Gasteiger partial charge in [-0.05, 0) is 31.7 Å². The minimum absolute atomic E-state index is 0.776. The normalized spacial score (nSPS) is 10.1. The SMILES string of the molecule is CNCCNc1cc(Cl)ccc1C. The molecule has 1 rings (SSSR count). The second-order valence-corrected chi connectivity index (χ2v) is 3.43. The zero-order valence-corrected chi connectivity index (χ0v) is 8.78. The maximum Gasteiger partial charge on any atom is 0.0426 e. The van der Waals surface area contributed by atoms with E-state index in [1.54, 1.807) is 0 Å². The number of nitrogens with one attached hydrogen (secondary N) is 2. The fraction of sp³-hybridized carbons (Fsp3) is 0.400. The minimum Gasteiger partial charge on any atom is -0.384 e. The maximum absolute atomic E-state index is 5.87. The summed E-state index contributed by atoms with van der Waals surface area (Å²) in [6, 6.07) is 5.87. The molecule has 0 aliphatic carbocycles. The van der Waals surface area contributed by atoms with Crippen LogP contribution in [-0.2, 0) is 0 Å².